The second-order valence-corrected chi connectivity index (χ2v) is 21.8. The van der Waals surface area contributed by atoms with Crippen LogP contribution in [0, 0.1) is 35.5 Å². The number of rotatable bonds is 37. The summed E-state index contributed by atoms with van der Waals surface area (Å²) in [5, 5.41) is 153. The lowest BCUT2D eigenvalue weighted by atomic mass is 9.70. The number of aliphatic hydroxyl groups excluding tert-OH is 11. The first-order valence-corrected chi connectivity index (χ1v) is 27.3. The van der Waals surface area contributed by atoms with E-state index >= 15 is 0 Å². The zero-order valence-electron chi connectivity index (χ0n) is 47.7. The minimum absolute atomic E-state index is 0.0501. The number of hydroxylamine groups is 2. The molecule has 0 radical (unpaired) electrons. The lowest BCUT2D eigenvalue weighted by Crippen LogP contribution is -2.67. The Balaban J connectivity index is 2.14. The fourth-order valence-corrected chi connectivity index (χ4v) is 11.7. The summed E-state index contributed by atoms with van der Waals surface area (Å²) in [6, 6.07) is -3.76. The highest BCUT2D eigenvalue weighted by Gasteiger charge is 2.58. The fourth-order valence-electron chi connectivity index (χ4n) is 11.7. The van der Waals surface area contributed by atoms with Crippen molar-refractivity contribution in [2.24, 2.45) is 35.5 Å². The average molecular weight is 1150 g/mol. The van der Waals surface area contributed by atoms with Gasteiger partial charge in [0.15, 0.2) is 0 Å². The molecule has 0 bridgehead atoms. The smallest absolute Gasteiger partial charge is 0.364 e. The van der Waals surface area contributed by atoms with Crippen LogP contribution < -0.4 is 16.3 Å². The Morgan fingerprint density at radius 2 is 0.975 bits per heavy atom. The van der Waals surface area contributed by atoms with Crippen molar-refractivity contribution in [3.63, 3.8) is 0 Å². The van der Waals surface area contributed by atoms with Gasteiger partial charge >= 0.3 is 17.9 Å². The fraction of sp³-hybridized carbons (Fsp3) is 0.941. The first-order chi connectivity index (χ1) is 37.6. The molecule has 0 aromatic carbocycles. The normalized spacial score (nSPS) is 33.4. The quantitative estimate of drug-likeness (QED) is 0.0220. The van der Waals surface area contributed by atoms with Gasteiger partial charge in [0.05, 0.1) is 88.8 Å². The number of nitrogens with one attached hydrogen (secondary N) is 3. The molecule has 0 aromatic rings. The molecule has 464 valence electrons. The van der Waals surface area contributed by atoms with E-state index in [1.165, 1.54) is 7.05 Å². The van der Waals surface area contributed by atoms with Crippen LogP contribution in [0.4, 0.5) is 0 Å². The highest BCUT2D eigenvalue weighted by molar-refractivity contribution is 5.77. The number of likely N-dealkylation sites (N-methyl/N-ethyl adjacent to an activating group) is 1. The molecule has 3 saturated heterocycles. The van der Waals surface area contributed by atoms with E-state index in [2.05, 4.69) is 50.9 Å². The van der Waals surface area contributed by atoms with Crippen LogP contribution in [0.3, 0.4) is 0 Å². The molecule has 3 rings (SSSR count). The van der Waals surface area contributed by atoms with E-state index in [0.29, 0.717) is 6.42 Å². The van der Waals surface area contributed by atoms with Crippen LogP contribution in [0.2, 0.25) is 0 Å². The van der Waals surface area contributed by atoms with Crippen LogP contribution in [-0.4, -0.2) is 251 Å². The predicted molar refractivity (Wildman–Crippen MR) is 274 cm³/mol. The van der Waals surface area contributed by atoms with E-state index in [0.717, 1.165) is 0 Å². The van der Waals surface area contributed by atoms with Crippen molar-refractivity contribution in [3.8, 4) is 0 Å². The zero-order valence-corrected chi connectivity index (χ0v) is 46.7. The summed E-state index contributed by atoms with van der Waals surface area (Å²) in [6.45, 7) is 9.76. The molecule has 0 aromatic heterocycles. The number of hydrogen-bond acceptors (Lipinski definition) is 25. The Hall–Kier alpha value is -2.47. The maximum absolute atomic E-state index is 13.2. The second-order valence-electron chi connectivity index (χ2n) is 21.8. The van der Waals surface area contributed by atoms with E-state index in [4.69, 9.17) is 39.5 Å². The number of hydrogen-bond donors (Lipinski definition) is 17. The van der Waals surface area contributed by atoms with Gasteiger partial charge in [0.1, 0.15) is 48.8 Å². The third kappa shape index (κ3) is 18.3. The monoisotopic (exact) mass is 1150 g/mol. The molecule has 0 spiro atoms. The van der Waals surface area contributed by atoms with Gasteiger partial charge in [-0.3, -0.25) is 0 Å². The van der Waals surface area contributed by atoms with Crippen molar-refractivity contribution in [1.29, 1.82) is 0 Å². The molecule has 79 heavy (non-hydrogen) atoms. The Morgan fingerprint density at radius 1 is 0.595 bits per heavy atom. The van der Waals surface area contributed by atoms with E-state index in [9.17, 15) is 85.9 Å². The Kier molecular flexibility index (Phi) is 28.4. The molecule has 17 N–H and O–H groups in total. The number of carbonyl (C=O) groups is 3. The van der Waals surface area contributed by atoms with Gasteiger partial charge < -0.3 is 115 Å². The van der Waals surface area contributed by atoms with Gasteiger partial charge in [0.2, 0.25) is 0 Å². The van der Waals surface area contributed by atoms with E-state index in [1.54, 1.807) is 13.8 Å². The largest absolute Gasteiger partial charge is 0.477 e. The molecule has 3 heterocycles. The van der Waals surface area contributed by atoms with Gasteiger partial charge in [-0.25, -0.2) is 14.4 Å². The van der Waals surface area contributed by atoms with Crippen molar-refractivity contribution in [2.45, 2.75) is 215 Å². The third-order valence-electron chi connectivity index (χ3n) is 15.6. The van der Waals surface area contributed by atoms with Crippen molar-refractivity contribution < 1.29 is 125 Å². The summed E-state index contributed by atoms with van der Waals surface area (Å²) in [5.41, 5.74) is 5.02. The van der Waals surface area contributed by atoms with E-state index in [1.807, 2.05) is 0 Å². The molecule has 20 atom stereocenters. The molecule has 20 unspecified atom stereocenters. The zero-order chi connectivity index (χ0) is 60.4. The standard InChI is InChI=1S/C51H95N3O25/c1-10-75-53-38-32(59)21-50(47(68)69,78-44(38)41(64)34(61)23-55)73-17-14-29(15-18-74-51(48(70)71)22-33(60)39(54-76-11-2)45(79-51)42(65)35(62)24-56)30(19-27(7)36(25(3)4)26(5)6)13-12-16-72-49(46(66)67)20-31(58)37(52-9)43(77-49)40(63)28(8)57/h25-45,52-65H,10-24H2,1-9H3,(H,66,67)(H,68,69)(H,70,71)/i8D. The number of carboxylic acids is 3. The van der Waals surface area contributed by atoms with Crippen molar-refractivity contribution in [1.82, 2.24) is 16.3 Å². The molecule has 0 amide bonds. The highest BCUT2D eigenvalue weighted by atomic mass is 16.7. The van der Waals surface area contributed by atoms with Crippen molar-refractivity contribution >= 4 is 17.9 Å². The minimum Gasteiger partial charge on any atom is -0.477 e. The molecule has 28 nitrogen and oxygen atoms in total. The summed E-state index contributed by atoms with van der Waals surface area (Å²) < 4.78 is 43.6. The minimum atomic E-state index is -2.69. The highest BCUT2D eigenvalue weighted by Crippen LogP contribution is 2.41. The lowest BCUT2D eigenvalue weighted by Gasteiger charge is -2.46. The second kappa shape index (κ2) is 32.6. The SMILES string of the molecule is [2H]CC(O)C(O)C1OC(OCCCC(CC(C)C(C(C)C)C(C)C)C(CCOC2(C(=O)O)CC(O)C(NOCC)C(C(O)C(O)CO)O2)CCOC2(C(=O)O)CC(O)C(NOCC)C(C(O)C(O)CO)O2)(C(=O)O)CC(O)C1NC. The van der Waals surface area contributed by atoms with Crippen LogP contribution in [0.25, 0.3) is 0 Å². The van der Waals surface area contributed by atoms with Gasteiger partial charge in [-0.15, -0.1) is 0 Å². The van der Waals surface area contributed by atoms with Crippen LogP contribution >= 0.6 is 0 Å². The van der Waals surface area contributed by atoms with Gasteiger partial charge in [-0.05, 0) is 95.4 Å². The van der Waals surface area contributed by atoms with E-state index < -0.39 is 191 Å². The Morgan fingerprint density at radius 3 is 1.32 bits per heavy atom. The molecular weight excluding hydrogens is 1050 g/mol. The maximum Gasteiger partial charge on any atom is 0.364 e. The first-order valence-electron chi connectivity index (χ1n) is 28.0. The van der Waals surface area contributed by atoms with Gasteiger partial charge in [-0.1, -0.05) is 34.6 Å². The lowest BCUT2D eigenvalue weighted by molar-refractivity contribution is -0.320. The Bertz CT molecular complexity index is 1760. The molecule has 3 fully saturated rings. The van der Waals surface area contributed by atoms with Gasteiger partial charge in [0, 0.05) is 20.6 Å². The molecule has 0 saturated carbocycles. The summed E-state index contributed by atoms with van der Waals surface area (Å²) in [5.74, 6) is -13.7. The van der Waals surface area contributed by atoms with Gasteiger partial charge in [-0.2, -0.15) is 11.0 Å². The predicted octanol–water partition coefficient (Wildman–Crippen LogP) is -2.85. The topological polar surface area (TPSA) is 444 Å². The van der Waals surface area contributed by atoms with Crippen LogP contribution in [0.15, 0.2) is 0 Å². The molecule has 3 aliphatic rings. The summed E-state index contributed by atoms with van der Waals surface area (Å²) >= 11 is 0. The van der Waals surface area contributed by atoms with Crippen molar-refractivity contribution in [3.05, 3.63) is 0 Å². The van der Waals surface area contributed by atoms with Crippen LogP contribution in [-0.2, 0) is 52.5 Å². The summed E-state index contributed by atoms with van der Waals surface area (Å²) in [6.07, 6.45) is -22.5. The summed E-state index contributed by atoms with van der Waals surface area (Å²) in [4.78, 5) is 50.0. The number of aliphatic carboxylic acids is 3. The third-order valence-corrected chi connectivity index (χ3v) is 15.6. The van der Waals surface area contributed by atoms with Crippen molar-refractivity contribution in [2.75, 3.05) is 53.3 Å². The van der Waals surface area contributed by atoms with Gasteiger partial charge in [0.25, 0.3) is 17.4 Å². The first kappa shape index (κ1) is 69.0. The maximum atomic E-state index is 13.2. The molecular formula is C51H95N3O25. The number of aliphatic hydroxyl groups is 11. The summed E-state index contributed by atoms with van der Waals surface area (Å²) in [7, 11) is 1.43. The van der Waals surface area contributed by atoms with Crippen LogP contribution in [0.1, 0.15) is 108 Å². The Labute approximate surface area is 462 Å². The van der Waals surface area contributed by atoms with E-state index in [-0.39, 0.29) is 69.2 Å². The van der Waals surface area contributed by atoms with Crippen LogP contribution in [0.5, 0.6) is 0 Å². The molecule has 3 aliphatic heterocycles. The number of carboxylic acid groups (broad SMARTS) is 3. The molecule has 0 aliphatic carbocycles. The molecule has 28 heteroatoms. The average Bonchev–Trinajstić information content (AvgIpc) is 3.40. The number of ether oxygens (including phenoxy) is 6.